The molecule has 15 heavy (non-hydrogen) atoms. The van der Waals surface area contributed by atoms with Gasteiger partial charge in [0.15, 0.2) is 0 Å². The van der Waals surface area contributed by atoms with E-state index in [4.69, 9.17) is 5.11 Å². The van der Waals surface area contributed by atoms with Crippen molar-refractivity contribution in [2.75, 3.05) is 0 Å². The molecule has 1 unspecified atom stereocenters. The van der Waals surface area contributed by atoms with Crippen LogP contribution in [0.5, 0.6) is 0 Å². The standard InChI is InChI=1S/C8H9NO6/c1-4(10)2-7(13)15-9-6(12)3-5(11)8(9)14/h5,11H,2-3H2,1H3. The summed E-state index contributed by atoms with van der Waals surface area (Å²) < 4.78 is 0. The number of imide groups is 1. The van der Waals surface area contributed by atoms with Crippen LogP contribution in [0.4, 0.5) is 0 Å². The van der Waals surface area contributed by atoms with Gasteiger partial charge >= 0.3 is 5.97 Å². The van der Waals surface area contributed by atoms with Gasteiger partial charge in [0.05, 0.1) is 6.42 Å². The number of hydrogen-bond donors (Lipinski definition) is 1. The number of aliphatic hydroxyl groups excluding tert-OH is 1. The summed E-state index contributed by atoms with van der Waals surface area (Å²) in [4.78, 5) is 47.8. The van der Waals surface area contributed by atoms with E-state index in [1.807, 2.05) is 0 Å². The minimum atomic E-state index is -1.47. The number of rotatable bonds is 3. The minimum Gasteiger partial charge on any atom is -0.383 e. The van der Waals surface area contributed by atoms with Gasteiger partial charge in [0.1, 0.15) is 18.3 Å². The second-order valence-electron chi connectivity index (χ2n) is 3.09. The first-order valence-electron chi connectivity index (χ1n) is 4.17. The second-order valence-corrected chi connectivity index (χ2v) is 3.09. The number of carbonyl (C=O) groups is 4. The highest BCUT2D eigenvalue weighted by atomic mass is 16.7. The lowest BCUT2D eigenvalue weighted by molar-refractivity contribution is -0.198. The van der Waals surface area contributed by atoms with Crippen molar-refractivity contribution in [3.63, 3.8) is 0 Å². The van der Waals surface area contributed by atoms with Crippen LogP contribution in [0.25, 0.3) is 0 Å². The van der Waals surface area contributed by atoms with E-state index < -0.39 is 42.5 Å². The van der Waals surface area contributed by atoms with Gasteiger partial charge in [-0.15, -0.1) is 0 Å². The van der Waals surface area contributed by atoms with Crippen LogP contribution in [0.15, 0.2) is 0 Å². The van der Waals surface area contributed by atoms with Crippen LogP contribution in [0.2, 0.25) is 0 Å². The number of hydroxylamine groups is 2. The second kappa shape index (κ2) is 4.18. The van der Waals surface area contributed by atoms with E-state index >= 15 is 0 Å². The van der Waals surface area contributed by atoms with E-state index in [0.717, 1.165) is 0 Å². The molecular weight excluding hydrogens is 206 g/mol. The predicted molar refractivity (Wildman–Crippen MR) is 43.9 cm³/mol. The number of nitrogens with zero attached hydrogens (tertiary/aromatic N) is 1. The van der Waals surface area contributed by atoms with Crippen LogP contribution in [0.1, 0.15) is 19.8 Å². The van der Waals surface area contributed by atoms with E-state index in [1.54, 1.807) is 0 Å². The third-order valence-corrected chi connectivity index (χ3v) is 1.67. The minimum absolute atomic E-state index is 0.190. The van der Waals surface area contributed by atoms with Crippen molar-refractivity contribution in [2.45, 2.75) is 25.9 Å². The van der Waals surface area contributed by atoms with E-state index in [1.165, 1.54) is 6.92 Å². The summed E-state index contributed by atoms with van der Waals surface area (Å²) in [6.45, 7) is 1.17. The topological polar surface area (TPSA) is 101 Å². The maximum absolute atomic E-state index is 11.0. The fraction of sp³-hybridized carbons (Fsp3) is 0.500. The van der Waals surface area contributed by atoms with Crippen LogP contribution in [0, 0.1) is 0 Å². The summed E-state index contributed by atoms with van der Waals surface area (Å²) in [5, 5.41) is 9.15. The van der Waals surface area contributed by atoms with Gasteiger partial charge in [-0.05, 0) is 6.92 Å². The molecule has 7 heteroatoms. The lowest BCUT2D eigenvalue weighted by Crippen LogP contribution is -2.34. The largest absolute Gasteiger partial charge is 0.383 e. The van der Waals surface area contributed by atoms with Crippen molar-refractivity contribution in [2.24, 2.45) is 0 Å². The third kappa shape index (κ3) is 2.59. The summed E-state index contributed by atoms with van der Waals surface area (Å²) >= 11 is 0. The maximum Gasteiger partial charge on any atom is 0.340 e. The normalized spacial score (nSPS) is 20.7. The van der Waals surface area contributed by atoms with E-state index in [9.17, 15) is 19.2 Å². The molecule has 2 amide bonds. The SMILES string of the molecule is CC(=O)CC(=O)ON1C(=O)CC(O)C1=O. The number of hydrogen-bond acceptors (Lipinski definition) is 6. The smallest absolute Gasteiger partial charge is 0.340 e. The molecule has 7 nitrogen and oxygen atoms in total. The highest BCUT2D eigenvalue weighted by Crippen LogP contribution is 2.13. The van der Waals surface area contributed by atoms with Gasteiger partial charge in [0.25, 0.3) is 11.8 Å². The number of amides is 2. The Morgan fingerprint density at radius 1 is 1.53 bits per heavy atom. The van der Waals surface area contributed by atoms with Gasteiger partial charge in [0, 0.05) is 0 Å². The van der Waals surface area contributed by atoms with Crippen LogP contribution < -0.4 is 0 Å². The molecule has 1 saturated heterocycles. The lowest BCUT2D eigenvalue weighted by atomic mass is 10.3. The van der Waals surface area contributed by atoms with Crippen molar-refractivity contribution in [1.82, 2.24) is 5.06 Å². The molecule has 1 aliphatic rings. The quantitative estimate of drug-likeness (QED) is 0.456. The molecule has 1 rings (SSSR count). The predicted octanol–water partition coefficient (Wildman–Crippen LogP) is -1.46. The monoisotopic (exact) mass is 215 g/mol. The Balaban J connectivity index is 2.58. The number of ketones is 1. The van der Waals surface area contributed by atoms with Gasteiger partial charge in [-0.3, -0.25) is 14.4 Å². The average molecular weight is 215 g/mol. The van der Waals surface area contributed by atoms with Gasteiger partial charge in [0.2, 0.25) is 0 Å². The molecular formula is C8H9NO6. The van der Waals surface area contributed by atoms with E-state index in [2.05, 4.69) is 4.84 Å². The molecule has 1 fully saturated rings. The molecule has 82 valence electrons. The zero-order valence-corrected chi connectivity index (χ0v) is 7.93. The molecule has 0 saturated carbocycles. The third-order valence-electron chi connectivity index (χ3n) is 1.67. The first-order valence-corrected chi connectivity index (χ1v) is 4.17. The van der Waals surface area contributed by atoms with Crippen molar-refractivity contribution in [3.05, 3.63) is 0 Å². The summed E-state index contributed by atoms with van der Waals surface area (Å²) in [5.74, 6) is -3.24. The van der Waals surface area contributed by atoms with Crippen molar-refractivity contribution < 1.29 is 29.1 Å². The molecule has 0 aromatic heterocycles. The van der Waals surface area contributed by atoms with Crippen molar-refractivity contribution in [3.8, 4) is 0 Å². The van der Waals surface area contributed by atoms with Gasteiger partial charge in [-0.25, -0.2) is 4.79 Å². The number of Topliss-reactive ketones (excluding diaryl/α,β-unsaturated/α-hetero) is 1. The van der Waals surface area contributed by atoms with E-state index in [0.29, 0.717) is 0 Å². The Morgan fingerprint density at radius 2 is 2.13 bits per heavy atom. The molecule has 1 atom stereocenters. The van der Waals surface area contributed by atoms with Gasteiger partial charge in [-0.1, -0.05) is 5.06 Å². The van der Waals surface area contributed by atoms with Crippen molar-refractivity contribution in [1.29, 1.82) is 0 Å². The average Bonchev–Trinajstić information content (AvgIpc) is 2.31. The summed E-state index contributed by atoms with van der Waals surface area (Å²) in [6, 6.07) is 0. The molecule has 1 aliphatic heterocycles. The Labute approximate surface area is 84.6 Å². The summed E-state index contributed by atoms with van der Waals surface area (Å²) in [5.41, 5.74) is 0. The fourth-order valence-corrected chi connectivity index (χ4v) is 1.03. The maximum atomic E-state index is 11.0. The highest BCUT2D eigenvalue weighted by Gasteiger charge is 2.40. The Hall–Kier alpha value is -1.76. The molecule has 0 bridgehead atoms. The van der Waals surface area contributed by atoms with Gasteiger partial charge < -0.3 is 9.94 Å². The number of carbonyl (C=O) groups excluding carboxylic acids is 4. The van der Waals surface area contributed by atoms with Gasteiger partial charge in [-0.2, -0.15) is 0 Å². The molecule has 1 N–H and O–H groups in total. The molecule has 0 aromatic carbocycles. The Bertz CT molecular complexity index is 336. The molecule has 1 heterocycles. The van der Waals surface area contributed by atoms with Crippen LogP contribution in [-0.4, -0.2) is 39.8 Å². The summed E-state index contributed by atoms with van der Waals surface area (Å²) in [6.07, 6.45) is -2.40. The first kappa shape index (κ1) is 11.3. The molecule has 0 spiro atoms. The zero-order valence-electron chi connectivity index (χ0n) is 7.93. The fourth-order valence-electron chi connectivity index (χ4n) is 1.03. The van der Waals surface area contributed by atoms with E-state index in [-0.39, 0.29) is 5.06 Å². The molecule has 0 aromatic rings. The van der Waals surface area contributed by atoms with Crippen LogP contribution in [0.3, 0.4) is 0 Å². The Kier molecular flexibility index (Phi) is 3.15. The van der Waals surface area contributed by atoms with Crippen LogP contribution in [-0.2, 0) is 24.0 Å². The Morgan fingerprint density at radius 3 is 2.53 bits per heavy atom. The summed E-state index contributed by atoms with van der Waals surface area (Å²) in [7, 11) is 0. The molecule has 0 aliphatic carbocycles. The lowest BCUT2D eigenvalue weighted by Gasteiger charge is -2.11. The van der Waals surface area contributed by atoms with Crippen molar-refractivity contribution >= 4 is 23.6 Å². The molecule has 0 radical (unpaired) electrons. The zero-order chi connectivity index (χ0) is 11.6. The highest BCUT2D eigenvalue weighted by molar-refractivity contribution is 6.05. The number of aliphatic hydroxyl groups is 1. The first-order chi connectivity index (χ1) is 6.91. The van der Waals surface area contributed by atoms with Crippen LogP contribution >= 0.6 is 0 Å².